The Labute approximate surface area is 91.1 Å². The molecule has 0 aromatic heterocycles. The first kappa shape index (κ1) is 14.4. The number of carboxylic acids is 1. The number of hydrogen-bond acceptors (Lipinski definition) is 3. The highest BCUT2D eigenvalue weighted by molar-refractivity contribution is 7.89. The minimum Gasteiger partial charge on any atom is -0.481 e. The summed E-state index contributed by atoms with van der Waals surface area (Å²) < 4.78 is 24.8. The van der Waals surface area contributed by atoms with Crippen LogP contribution in [-0.4, -0.2) is 42.1 Å². The molecule has 0 aromatic rings. The molecular formula is C9H19NO4S. The average Bonchev–Trinajstić information content (AvgIpc) is 2.01. The summed E-state index contributed by atoms with van der Waals surface area (Å²) in [6, 6.07) is -0.0789. The topological polar surface area (TPSA) is 74.7 Å². The van der Waals surface area contributed by atoms with Crippen LogP contribution in [0, 0.1) is 0 Å². The van der Waals surface area contributed by atoms with E-state index in [1.165, 1.54) is 4.31 Å². The van der Waals surface area contributed by atoms with Crippen molar-refractivity contribution >= 4 is 16.0 Å². The Balaban J connectivity index is 4.33. The van der Waals surface area contributed by atoms with Gasteiger partial charge in [-0.2, -0.15) is 4.31 Å². The van der Waals surface area contributed by atoms with Crippen LogP contribution in [0.1, 0.15) is 33.6 Å². The summed E-state index contributed by atoms with van der Waals surface area (Å²) in [7, 11) is -3.30. The predicted octanol–water partition coefficient (Wildman–Crippen LogP) is 0.911. The second-order valence-corrected chi connectivity index (χ2v) is 5.65. The van der Waals surface area contributed by atoms with Crippen molar-refractivity contribution in [3.63, 3.8) is 0 Å². The highest BCUT2D eigenvalue weighted by Gasteiger charge is 2.22. The molecule has 0 heterocycles. The van der Waals surface area contributed by atoms with E-state index in [0.717, 1.165) is 0 Å². The fraction of sp³-hybridized carbons (Fsp3) is 0.889. The lowest BCUT2D eigenvalue weighted by Crippen LogP contribution is -2.38. The molecule has 0 saturated heterocycles. The Kier molecular flexibility index (Phi) is 5.82. The summed E-state index contributed by atoms with van der Waals surface area (Å²) in [5.41, 5.74) is 0. The summed E-state index contributed by atoms with van der Waals surface area (Å²) in [5.74, 6) is -1.05. The average molecular weight is 237 g/mol. The van der Waals surface area contributed by atoms with Gasteiger partial charge in [0, 0.05) is 19.0 Å². The molecule has 0 atom stereocenters. The molecule has 0 aliphatic carbocycles. The van der Waals surface area contributed by atoms with Crippen LogP contribution in [-0.2, 0) is 14.8 Å². The standard InChI is InChI=1S/C9H19NO4S/c1-4-10(8(2)3)15(13,14)7-5-6-9(11)12/h8H,4-7H2,1-3H3,(H,11,12). The Morgan fingerprint density at radius 2 is 1.93 bits per heavy atom. The van der Waals surface area contributed by atoms with Crippen LogP contribution in [0.4, 0.5) is 0 Å². The molecule has 0 fully saturated rings. The van der Waals surface area contributed by atoms with Gasteiger partial charge in [0.25, 0.3) is 0 Å². The lowest BCUT2D eigenvalue weighted by Gasteiger charge is -2.24. The molecule has 0 rings (SSSR count). The van der Waals surface area contributed by atoms with Crippen molar-refractivity contribution in [2.45, 2.75) is 39.7 Å². The fourth-order valence-corrected chi connectivity index (χ4v) is 3.19. The number of aliphatic carboxylic acids is 1. The first-order valence-corrected chi connectivity index (χ1v) is 6.63. The van der Waals surface area contributed by atoms with Gasteiger partial charge < -0.3 is 5.11 Å². The SMILES string of the molecule is CCN(C(C)C)S(=O)(=O)CCCC(=O)O. The monoisotopic (exact) mass is 237 g/mol. The normalized spacial score (nSPS) is 12.3. The molecule has 0 radical (unpaired) electrons. The lowest BCUT2D eigenvalue weighted by molar-refractivity contribution is -0.137. The van der Waals surface area contributed by atoms with Crippen molar-refractivity contribution in [3.8, 4) is 0 Å². The van der Waals surface area contributed by atoms with Crippen molar-refractivity contribution < 1.29 is 18.3 Å². The van der Waals surface area contributed by atoms with E-state index < -0.39 is 16.0 Å². The third-order valence-electron chi connectivity index (χ3n) is 2.04. The van der Waals surface area contributed by atoms with E-state index in [1.807, 2.05) is 0 Å². The molecule has 0 aliphatic rings. The largest absolute Gasteiger partial charge is 0.481 e. The molecule has 1 N–H and O–H groups in total. The summed E-state index contributed by atoms with van der Waals surface area (Å²) >= 11 is 0. The van der Waals surface area contributed by atoms with Crippen molar-refractivity contribution in [2.24, 2.45) is 0 Å². The Hall–Kier alpha value is -0.620. The number of sulfonamides is 1. The molecule has 0 amide bonds. The van der Waals surface area contributed by atoms with Crippen LogP contribution in [0.5, 0.6) is 0 Å². The van der Waals surface area contributed by atoms with Crippen molar-refractivity contribution in [1.29, 1.82) is 0 Å². The zero-order chi connectivity index (χ0) is 12.1. The highest BCUT2D eigenvalue weighted by atomic mass is 32.2. The van der Waals surface area contributed by atoms with Crippen molar-refractivity contribution in [3.05, 3.63) is 0 Å². The van der Waals surface area contributed by atoms with Crippen LogP contribution >= 0.6 is 0 Å². The number of rotatable bonds is 7. The van der Waals surface area contributed by atoms with Crippen molar-refractivity contribution in [2.75, 3.05) is 12.3 Å². The molecule has 0 spiro atoms. The Bertz CT molecular complexity index is 297. The molecule has 0 saturated carbocycles. The Morgan fingerprint density at radius 3 is 2.27 bits per heavy atom. The van der Waals surface area contributed by atoms with E-state index in [-0.39, 0.29) is 24.6 Å². The maximum Gasteiger partial charge on any atom is 0.303 e. The predicted molar refractivity (Wildman–Crippen MR) is 58.2 cm³/mol. The van der Waals surface area contributed by atoms with Crippen molar-refractivity contribution in [1.82, 2.24) is 4.31 Å². The quantitative estimate of drug-likeness (QED) is 0.714. The second kappa shape index (κ2) is 6.07. The highest BCUT2D eigenvalue weighted by Crippen LogP contribution is 2.09. The zero-order valence-corrected chi connectivity index (χ0v) is 10.2. The van der Waals surface area contributed by atoms with Gasteiger partial charge in [0.2, 0.25) is 10.0 Å². The minimum atomic E-state index is -3.30. The van der Waals surface area contributed by atoms with Gasteiger partial charge in [0.05, 0.1) is 5.75 Å². The van der Waals surface area contributed by atoms with E-state index in [9.17, 15) is 13.2 Å². The van der Waals surface area contributed by atoms with E-state index in [2.05, 4.69) is 0 Å². The van der Waals surface area contributed by atoms with Gasteiger partial charge in [-0.3, -0.25) is 4.79 Å². The van der Waals surface area contributed by atoms with Gasteiger partial charge in [-0.1, -0.05) is 6.92 Å². The second-order valence-electron chi connectivity index (χ2n) is 3.61. The summed E-state index contributed by atoms with van der Waals surface area (Å²) in [5, 5.41) is 8.41. The van der Waals surface area contributed by atoms with E-state index >= 15 is 0 Å². The van der Waals surface area contributed by atoms with Gasteiger partial charge in [0.15, 0.2) is 0 Å². The third kappa shape index (κ3) is 5.13. The van der Waals surface area contributed by atoms with E-state index in [0.29, 0.717) is 6.54 Å². The summed E-state index contributed by atoms with van der Waals surface area (Å²) in [4.78, 5) is 10.2. The van der Waals surface area contributed by atoms with Gasteiger partial charge >= 0.3 is 5.97 Å². The maximum absolute atomic E-state index is 11.7. The molecule has 6 heteroatoms. The lowest BCUT2D eigenvalue weighted by atomic mass is 10.3. The molecule has 15 heavy (non-hydrogen) atoms. The number of nitrogens with zero attached hydrogens (tertiary/aromatic N) is 1. The number of hydrogen-bond donors (Lipinski definition) is 1. The molecule has 90 valence electrons. The van der Waals surface area contributed by atoms with E-state index in [1.54, 1.807) is 20.8 Å². The molecule has 0 aromatic carbocycles. The minimum absolute atomic E-state index is 0.0789. The molecule has 0 unspecified atom stereocenters. The first-order valence-electron chi connectivity index (χ1n) is 5.02. The number of carboxylic acid groups (broad SMARTS) is 1. The van der Waals surface area contributed by atoms with Crippen LogP contribution in [0.3, 0.4) is 0 Å². The summed E-state index contributed by atoms with van der Waals surface area (Å²) in [6.07, 6.45) is 0.0652. The fourth-order valence-electron chi connectivity index (χ4n) is 1.41. The van der Waals surface area contributed by atoms with Gasteiger partial charge in [-0.15, -0.1) is 0 Å². The zero-order valence-electron chi connectivity index (χ0n) is 9.43. The van der Waals surface area contributed by atoms with Gasteiger partial charge in [-0.05, 0) is 20.3 Å². The van der Waals surface area contributed by atoms with Crippen LogP contribution < -0.4 is 0 Å². The third-order valence-corrected chi connectivity index (χ3v) is 4.24. The summed E-state index contributed by atoms with van der Waals surface area (Å²) in [6.45, 7) is 5.80. The molecule has 0 bridgehead atoms. The van der Waals surface area contributed by atoms with Gasteiger partial charge in [-0.25, -0.2) is 8.42 Å². The Morgan fingerprint density at radius 1 is 1.40 bits per heavy atom. The number of carbonyl (C=O) groups is 1. The smallest absolute Gasteiger partial charge is 0.303 e. The van der Waals surface area contributed by atoms with E-state index in [4.69, 9.17) is 5.11 Å². The van der Waals surface area contributed by atoms with Gasteiger partial charge in [0.1, 0.15) is 0 Å². The van der Waals surface area contributed by atoms with Crippen LogP contribution in [0.2, 0.25) is 0 Å². The molecule has 5 nitrogen and oxygen atoms in total. The van der Waals surface area contributed by atoms with Crippen LogP contribution in [0.15, 0.2) is 0 Å². The van der Waals surface area contributed by atoms with Crippen LogP contribution in [0.25, 0.3) is 0 Å². The molecular weight excluding hydrogens is 218 g/mol. The molecule has 0 aliphatic heterocycles. The first-order chi connectivity index (χ1) is 6.81. The maximum atomic E-state index is 11.7.